The molecule has 0 aliphatic carbocycles. The molecule has 0 amide bonds. The molecule has 5 heteroatoms. The third kappa shape index (κ3) is 2.01. The lowest BCUT2D eigenvalue weighted by molar-refractivity contribution is -0.137. The van der Waals surface area contributed by atoms with Gasteiger partial charge in [-0.15, -0.1) is 0 Å². The summed E-state index contributed by atoms with van der Waals surface area (Å²) >= 11 is 0. The van der Waals surface area contributed by atoms with Crippen molar-refractivity contribution in [1.29, 1.82) is 0 Å². The van der Waals surface area contributed by atoms with Crippen LogP contribution in [0.2, 0.25) is 0 Å². The van der Waals surface area contributed by atoms with E-state index in [9.17, 15) is 0 Å². The fourth-order valence-electron chi connectivity index (χ4n) is 2.48. The van der Waals surface area contributed by atoms with Gasteiger partial charge in [-0.1, -0.05) is 0 Å². The zero-order chi connectivity index (χ0) is 11.7. The second-order valence-electron chi connectivity index (χ2n) is 4.49. The Bertz CT molecular complexity index is 404. The first-order valence-corrected chi connectivity index (χ1v) is 5.99. The summed E-state index contributed by atoms with van der Waals surface area (Å²) in [6.45, 7) is 3.63. The molecule has 5 nitrogen and oxygen atoms in total. The summed E-state index contributed by atoms with van der Waals surface area (Å²) in [7, 11) is 0. The fraction of sp³-hybridized carbons (Fsp3) is 0.583. The second-order valence-corrected chi connectivity index (χ2v) is 4.49. The number of hydrogen-bond donors (Lipinski definition) is 1. The van der Waals surface area contributed by atoms with Gasteiger partial charge in [-0.05, 0) is 12.1 Å². The molecule has 17 heavy (non-hydrogen) atoms. The van der Waals surface area contributed by atoms with Crippen LogP contribution < -0.4 is 10.6 Å². The molecule has 1 aromatic rings. The lowest BCUT2D eigenvalue weighted by atomic mass is 10.2. The van der Waals surface area contributed by atoms with Gasteiger partial charge < -0.3 is 20.1 Å². The van der Waals surface area contributed by atoms with Gasteiger partial charge in [-0.3, -0.25) is 4.98 Å². The van der Waals surface area contributed by atoms with Crippen molar-refractivity contribution in [3.63, 3.8) is 0 Å². The first-order chi connectivity index (χ1) is 8.31. The summed E-state index contributed by atoms with van der Waals surface area (Å²) in [5, 5.41) is 0. The highest BCUT2D eigenvalue weighted by molar-refractivity contribution is 5.48. The van der Waals surface area contributed by atoms with Gasteiger partial charge in [-0.2, -0.15) is 0 Å². The Balaban J connectivity index is 1.77. The van der Waals surface area contributed by atoms with Crippen molar-refractivity contribution in [3.8, 4) is 0 Å². The summed E-state index contributed by atoms with van der Waals surface area (Å²) < 4.78 is 11.4. The molecule has 0 atom stereocenters. The van der Waals surface area contributed by atoms with Crippen LogP contribution in [-0.4, -0.2) is 37.1 Å². The summed E-state index contributed by atoms with van der Waals surface area (Å²) in [5.74, 6) is -0.369. The van der Waals surface area contributed by atoms with Gasteiger partial charge in [0.1, 0.15) is 0 Å². The Morgan fingerprint density at radius 1 is 1.41 bits per heavy atom. The van der Waals surface area contributed by atoms with Crippen molar-refractivity contribution >= 4 is 5.69 Å². The summed E-state index contributed by atoms with van der Waals surface area (Å²) in [4.78, 5) is 6.47. The molecule has 2 aliphatic rings. The largest absolute Gasteiger partial charge is 0.366 e. The molecule has 2 saturated heterocycles. The highest BCUT2D eigenvalue weighted by Crippen LogP contribution is 2.33. The van der Waals surface area contributed by atoms with Gasteiger partial charge >= 0.3 is 0 Å². The van der Waals surface area contributed by atoms with Gasteiger partial charge in [-0.25, -0.2) is 0 Å². The molecule has 1 spiro atoms. The van der Waals surface area contributed by atoms with Gasteiger partial charge in [0.15, 0.2) is 5.79 Å². The Morgan fingerprint density at radius 3 is 3.00 bits per heavy atom. The zero-order valence-electron chi connectivity index (χ0n) is 9.76. The zero-order valence-corrected chi connectivity index (χ0v) is 9.76. The standard InChI is InChI=1S/C12H17N3O2/c13-8-10-7-11(1-3-14-10)15-4-2-12(9-15)16-5-6-17-12/h1,3,7H,2,4-6,8-9,13H2. The monoisotopic (exact) mass is 235 g/mol. The van der Waals surface area contributed by atoms with Crippen molar-refractivity contribution in [2.24, 2.45) is 5.73 Å². The van der Waals surface area contributed by atoms with E-state index in [-0.39, 0.29) is 5.79 Å². The number of rotatable bonds is 2. The quantitative estimate of drug-likeness (QED) is 0.808. The fourth-order valence-corrected chi connectivity index (χ4v) is 2.48. The second kappa shape index (κ2) is 4.25. The maximum Gasteiger partial charge on any atom is 0.187 e. The van der Waals surface area contributed by atoms with Crippen LogP contribution in [0.3, 0.4) is 0 Å². The highest BCUT2D eigenvalue weighted by atomic mass is 16.7. The van der Waals surface area contributed by atoms with Crippen LogP contribution in [-0.2, 0) is 16.0 Å². The van der Waals surface area contributed by atoms with Crippen molar-refractivity contribution in [2.45, 2.75) is 18.8 Å². The molecule has 3 heterocycles. The number of nitrogens with two attached hydrogens (primary N) is 1. The molecule has 2 N–H and O–H groups in total. The van der Waals surface area contributed by atoms with E-state index in [0.717, 1.165) is 30.9 Å². The van der Waals surface area contributed by atoms with Gasteiger partial charge in [0.2, 0.25) is 0 Å². The lowest BCUT2D eigenvalue weighted by Crippen LogP contribution is -2.34. The maximum atomic E-state index is 5.71. The number of pyridine rings is 1. The van der Waals surface area contributed by atoms with Crippen LogP contribution in [0.1, 0.15) is 12.1 Å². The smallest absolute Gasteiger partial charge is 0.187 e. The van der Waals surface area contributed by atoms with E-state index in [0.29, 0.717) is 19.8 Å². The minimum atomic E-state index is -0.369. The van der Waals surface area contributed by atoms with E-state index in [4.69, 9.17) is 15.2 Å². The topological polar surface area (TPSA) is 60.6 Å². The summed E-state index contributed by atoms with van der Waals surface area (Å²) in [6.07, 6.45) is 2.73. The first-order valence-electron chi connectivity index (χ1n) is 5.99. The predicted molar refractivity (Wildman–Crippen MR) is 63.6 cm³/mol. The molecular formula is C12H17N3O2. The molecule has 2 fully saturated rings. The van der Waals surface area contributed by atoms with E-state index in [2.05, 4.69) is 9.88 Å². The van der Waals surface area contributed by atoms with Crippen LogP contribution in [0.5, 0.6) is 0 Å². The molecule has 0 radical (unpaired) electrons. The number of hydrogen-bond acceptors (Lipinski definition) is 5. The number of ether oxygens (including phenoxy) is 2. The third-order valence-corrected chi connectivity index (χ3v) is 3.38. The molecule has 2 aliphatic heterocycles. The van der Waals surface area contributed by atoms with Crippen molar-refractivity contribution in [1.82, 2.24) is 4.98 Å². The van der Waals surface area contributed by atoms with Crippen molar-refractivity contribution in [2.75, 3.05) is 31.2 Å². The van der Waals surface area contributed by atoms with Crippen LogP contribution in [0.25, 0.3) is 0 Å². The predicted octanol–water partition coefficient (Wildman–Crippen LogP) is 0.493. The summed E-state index contributed by atoms with van der Waals surface area (Å²) in [5.41, 5.74) is 7.67. The first kappa shape index (κ1) is 11.0. The highest BCUT2D eigenvalue weighted by Gasteiger charge is 2.43. The molecule has 1 aromatic heterocycles. The Kier molecular flexibility index (Phi) is 2.74. The molecule has 0 unspecified atom stereocenters. The number of anilines is 1. The van der Waals surface area contributed by atoms with Crippen molar-refractivity contribution < 1.29 is 9.47 Å². The van der Waals surface area contributed by atoms with E-state index in [1.165, 1.54) is 0 Å². The van der Waals surface area contributed by atoms with Crippen LogP contribution in [0, 0.1) is 0 Å². The molecule has 92 valence electrons. The van der Waals surface area contributed by atoms with E-state index in [1.807, 2.05) is 12.1 Å². The SMILES string of the molecule is NCc1cc(N2CCC3(C2)OCCO3)ccn1. The normalized spacial score (nSPS) is 22.5. The minimum Gasteiger partial charge on any atom is -0.366 e. The number of nitrogens with zero attached hydrogens (tertiary/aromatic N) is 2. The Labute approximate surface area is 101 Å². The molecule has 3 rings (SSSR count). The average Bonchev–Trinajstić information content (AvgIpc) is 3.01. The maximum absolute atomic E-state index is 5.71. The average molecular weight is 235 g/mol. The lowest BCUT2D eigenvalue weighted by Gasteiger charge is -2.23. The van der Waals surface area contributed by atoms with Gasteiger partial charge in [0, 0.05) is 31.4 Å². The van der Waals surface area contributed by atoms with Crippen LogP contribution >= 0.6 is 0 Å². The third-order valence-electron chi connectivity index (χ3n) is 3.38. The van der Waals surface area contributed by atoms with E-state index >= 15 is 0 Å². The minimum absolute atomic E-state index is 0.369. The van der Waals surface area contributed by atoms with Crippen LogP contribution in [0.4, 0.5) is 5.69 Å². The van der Waals surface area contributed by atoms with Crippen LogP contribution in [0.15, 0.2) is 18.3 Å². The Morgan fingerprint density at radius 2 is 2.24 bits per heavy atom. The Hall–Kier alpha value is -1.17. The molecule has 0 aromatic carbocycles. The van der Waals surface area contributed by atoms with E-state index < -0.39 is 0 Å². The van der Waals surface area contributed by atoms with Gasteiger partial charge in [0.25, 0.3) is 0 Å². The summed E-state index contributed by atoms with van der Waals surface area (Å²) in [6, 6.07) is 4.04. The molecule has 0 bridgehead atoms. The number of aromatic nitrogens is 1. The molecule has 0 saturated carbocycles. The molecular weight excluding hydrogens is 218 g/mol. The van der Waals surface area contributed by atoms with Crippen molar-refractivity contribution in [3.05, 3.63) is 24.0 Å². The van der Waals surface area contributed by atoms with E-state index in [1.54, 1.807) is 6.20 Å². The van der Waals surface area contributed by atoms with Gasteiger partial charge in [0.05, 0.1) is 25.5 Å².